The number of carbonyl (C=O) groups is 1. The van der Waals surface area contributed by atoms with Gasteiger partial charge < -0.3 is 20.2 Å². The highest BCUT2D eigenvalue weighted by Crippen LogP contribution is 2.19. The maximum Gasteiger partial charge on any atom is 0.287 e. The molecule has 8 heteroatoms. The number of aliphatic hydroxyl groups is 1. The minimum atomic E-state index is -0.168. The zero-order chi connectivity index (χ0) is 17.5. The van der Waals surface area contributed by atoms with Crippen molar-refractivity contribution in [2.45, 2.75) is 33.7 Å². The molecule has 0 spiro atoms. The van der Waals surface area contributed by atoms with Crippen LogP contribution < -0.4 is 10.6 Å². The highest BCUT2D eigenvalue weighted by Gasteiger charge is 2.27. The molecule has 1 fully saturated rings. The molecular formula is C18H33Cl2N3O3. The van der Waals surface area contributed by atoms with Gasteiger partial charge in [0.05, 0.1) is 0 Å². The highest BCUT2D eigenvalue weighted by atomic mass is 35.5. The number of rotatable bonds is 9. The largest absolute Gasteiger partial charge is 0.456 e. The van der Waals surface area contributed by atoms with Gasteiger partial charge in [0.25, 0.3) is 5.91 Å². The van der Waals surface area contributed by atoms with Crippen LogP contribution in [0.2, 0.25) is 0 Å². The van der Waals surface area contributed by atoms with E-state index in [0.29, 0.717) is 12.3 Å². The molecule has 0 unspecified atom stereocenters. The summed E-state index contributed by atoms with van der Waals surface area (Å²) in [5, 5.41) is 15.6. The third kappa shape index (κ3) is 6.43. The minimum absolute atomic E-state index is 0. The van der Waals surface area contributed by atoms with Gasteiger partial charge in [-0.25, -0.2) is 0 Å². The van der Waals surface area contributed by atoms with Gasteiger partial charge >= 0.3 is 0 Å². The Morgan fingerprint density at radius 2 is 1.92 bits per heavy atom. The zero-order valence-electron chi connectivity index (χ0n) is 15.9. The van der Waals surface area contributed by atoms with Gasteiger partial charge in [0.1, 0.15) is 5.76 Å². The average molecular weight is 410 g/mol. The maximum absolute atomic E-state index is 12.4. The van der Waals surface area contributed by atoms with Crippen molar-refractivity contribution in [2.24, 2.45) is 11.8 Å². The molecule has 2 rings (SSSR count). The molecule has 0 aromatic carbocycles. The average Bonchev–Trinajstić information content (AvgIpc) is 3.23. The smallest absolute Gasteiger partial charge is 0.287 e. The van der Waals surface area contributed by atoms with Crippen LogP contribution in [0.5, 0.6) is 0 Å². The lowest BCUT2D eigenvalue weighted by atomic mass is 9.97. The number of nitrogens with zero attached hydrogens (tertiary/aromatic N) is 1. The molecule has 152 valence electrons. The summed E-state index contributed by atoms with van der Waals surface area (Å²) < 4.78 is 5.78. The van der Waals surface area contributed by atoms with E-state index in [9.17, 15) is 9.90 Å². The Kier molecular flexibility index (Phi) is 12.2. The van der Waals surface area contributed by atoms with Gasteiger partial charge in [-0.05, 0) is 25.1 Å². The van der Waals surface area contributed by atoms with E-state index in [2.05, 4.69) is 29.4 Å². The minimum Gasteiger partial charge on any atom is -0.456 e. The van der Waals surface area contributed by atoms with Crippen LogP contribution in [-0.4, -0.2) is 55.2 Å². The van der Waals surface area contributed by atoms with Gasteiger partial charge in [0.2, 0.25) is 0 Å². The van der Waals surface area contributed by atoms with Crippen molar-refractivity contribution < 1.29 is 14.3 Å². The molecule has 1 aromatic rings. The first-order valence-corrected chi connectivity index (χ1v) is 9.06. The number of aryl methyl sites for hydroxylation is 1. The molecule has 0 radical (unpaired) electrons. The lowest BCUT2D eigenvalue weighted by molar-refractivity contribution is 0.0911. The molecule has 2 heterocycles. The van der Waals surface area contributed by atoms with E-state index in [0.717, 1.165) is 50.5 Å². The van der Waals surface area contributed by atoms with E-state index < -0.39 is 0 Å². The Bertz CT molecular complexity index is 536. The molecule has 0 saturated carbocycles. The Morgan fingerprint density at radius 1 is 1.27 bits per heavy atom. The number of hydrogen-bond donors (Lipinski definition) is 3. The normalized spacial score (nSPS) is 19.1. The number of hydrogen-bond acceptors (Lipinski definition) is 5. The summed E-state index contributed by atoms with van der Waals surface area (Å²) in [6.07, 6.45) is 0.781. The van der Waals surface area contributed by atoms with E-state index >= 15 is 0 Å². The van der Waals surface area contributed by atoms with Crippen LogP contribution >= 0.6 is 24.8 Å². The Labute approximate surface area is 168 Å². The molecule has 0 aliphatic carbocycles. The molecule has 1 saturated heterocycles. The number of amides is 1. The second-order valence-electron chi connectivity index (χ2n) is 6.45. The third-order valence-electron chi connectivity index (χ3n) is 4.97. The number of aliphatic hydroxyl groups excluding tert-OH is 1. The van der Waals surface area contributed by atoms with E-state index in [1.54, 1.807) is 0 Å². The standard InChI is InChI=1S/C18H31N3O3.2ClH/c1-4-16-13(11-21(5-2)6-3)7-17(24-16)18(23)20-10-14-8-19-9-15(14)12-22;;/h7,14-15,19,22H,4-6,8-12H2,1-3H3,(H,20,23);2*1H/t14-,15-;;/m1../s1. The molecule has 1 aromatic heterocycles. The molecule has 3 N–H and O–H groups in total. The van der Waals surface area contributed by atoms with Gasteiger partial charge in [0, 0.05) is 50.7 Å². The molecule has 0 bridgehead atoms. The zero-order valence-corrected chi connectivity index (χ0v) is 17.5. The van der Waals surface area contributed by atoms with Gasteiger partial charge in [-0.2, -0.15) is 0 Å². The van der Waals surface area contributed by atoms with E-state index in [1.165, 1.54) is 0 Å². The Balaban J connectivity index is 0.00000312. The fraction of sp³-hybridized carbons (Fsp3) is 0.722. The summed E-state index contributed by atoms with van der Waals surface area (Å²) >= 11 is 0. The molecule has 26 heavy (non-hydrogen) atoms. The summed E-state index contributed by atoms with van der Waals surface area (Å²) in [7, 11) is 0. The van der Waals surface area contributed by atoms with Crippen molar-refractivity contribution in [3.05, 3.63) is 23.2 Å². The maximum atomic E-state index is 12.4. The van der Waals surface area contributed by atoms with Crippen molar-refractivity contribution in [2.75, 3.05) is 39.3 Å². The quantitative estimate of drug-likeness (QED) is 0.581. The van der Waals surface area contributed by atoms with Crippen molar-refractivity contribution in [3.8, 4) is 0 Å². The van der Waals surface area contributed by atoms with Crippen molar-refractivity contribution in [1.82, 2.24) is 15.5 Å². The molecule has 6 nitrogen and oxygen atoms in total. The summed E-state index contributed by atoms with van der Waals surface area (Å²) in [5.74, 6) is 1.60. The van der Waals surface area contributed by atoms with E-state index in [-0.39, 0.29) is 49.2 Å². The monoisotopic (exact) mass is 409 g/mol. The predicted octanol–water partition coefficient (Wildman–Crippen LogP) is 2.09. The van der Waals surface area contributed by atoms with Crippen LogP contribution in [0.4, 0.5) is 0 Å². The van der Waals surface area contributed by atoms with Gasteiger partial charge in [0.15, 0.2) is 5.76 Å². The fourth-order valence-electron chi connectivity index (χ4n) is 3.25. The van der Waals surface area contributed by atoms with Crippen molar-refractivity contribution >= 4 is 30.7 Å². The number of furan rings is 1. The van der Waals surface area contributed by atoms with E-state index in [1.807, 2.05) is 13.0 Å². The topological polar surface area (TPSA) is 77.7 Å². The van der Waals surface area contributed by atoms with Gasteiger partial charge in [-0.1, -0.05) is 20.8 Å². The molecule has 1 amide bonds. The van der Waals surface area contributed by atoms with Crippen LogP contribution in [-0.2, 0) is 13.0 Å². The number of halogens is 2. The van der Waals surface area contributed by atoms with Crippen LogP contribution in [0.1, 0.15) is 42.6 Å². The van der Waals surface area contributed by atoms with Crippen LogP contribution in [0.15, 0.2) is 10.5 Å². The summed E-state index contributed by atoms with van der Waals surface area (Å²) in [6.45, 7) is 11.4. The van der Waals surface area contributed by atoms with E-state index in [4.69, 9.17) is 4.42 Å². The predicted molar refractivity (Wildman–Crippen MR) is 108 cm³/mol. The Morgan fingerprint density at radius 3 is 2.50 bits per heavy atom. The van der Waals surface area contributed by atoms with Gasteiger partial charge in [-0.3, -0.25) is 9.69 Å². The summed E-state index contributed by atoms with van der Waals surface area (Å²) in [5.41, 5.74) is 1.10. The summed E-state index contributed by atoms with van der Waals surface area (Å²) in [6, 6.07) is 1.88. The molecule has 1 aliphatic heterocycles. The Hall–Kier alpha value is -0.790. The van der Waals surface area contributed by atoms with Gasteiger partial charge in [-0.15, -0.1) is 24.8 Å². The second kappa shape index (κ2) is 12.6. The highest BCUT2D eigenvalue weighted by molar-refractivity contribution is 5.91. The lowest BCUT2D eigenvalue weighted by Crippen LogP contribution is -2.33. The lowest BCUT2D eigenvalue weighted by Gasteiger charge is -2.17. The third-order valence-corrected chi connectivity index (χ3v) is 4.97. The number of carbonyl (C=O) groups excluding carboxylic acids is 1. The first-order chi connectivity index (χ1) is 11.6. The SMILES string of the molecule is CCc1oc(C(=O)NC[C@H]2CNC[C@@H]2CO)cc1CN(CC)CC.Cl.Cl. The second-order valence-corrected chi connectivity index (χ2v) is 6.45. The number of nitrogens with one attached hydrogen (secondary N) is 2. The van der Waals surface area contributed by atoms with Crippen LogP contribution in [0.3, 0.4) is 0 Å². The molecule has 1 aliphatic rings. The van der Waals surface area contributed by atoms with Crippen molar-refractivity contribution in [3.63, 3.8) is 0 Å². The first kappa shape index (κ1) is 25.2. The summed E-state index contributed by atoms with van der Waals surface area (Å²) in [4.78, 5) is 14.7. The molecular weight excluding hydrogens is 377 g/mol. The fourth-order valence-corrected chi connectivity index (χ4v) is 3.25. The first-order valence-electron chi connectivity index (χ1n) is 9.06. The van der Waals surface area contributed by atoms with Crippen molar-refractivity contribution in [1.29, 1.82) is 0 Å². The van der Waals surface area contributed by atoms with Crippen LogP contribution in [0, 0.1) is 11.8 Å². The van der Waals surface area contributed by atoms with Crippen LogP contribution in [0.25, 0.3) is 0 Å². The molecule has 2 atom stereocenters.